The Kier molecular flexibility index (Phi) is 8.60. The highest BCUT2D eigenvalue weighted by Crippen LogP contribution is 2.40. The van der Waals surface area contributed by atoms with Crippen molar-refractivity contribution in [3.05, 3.63) is 122 Å². The number of nitro groups is 1. The zero-order valence-corrected chi connectivity index (χ0v) is 27.0. The average molecular weight is 684 g/mol. The van der Waals surface area contributed by atoms with Crippen molar-refractivity contribution in [2.24, 2.45) is 0 Å². The summed E-state index contributed by atoms with van der Waals surface area (Å²) < 4.78 is 1.27. The Morgan fingerprint density at radius 2 is 1.81 bits per heavy atom. The van der Waals surface area contributed by atoms with Gasteiger partial charge in [0.15, 0.2) is 4.34 Å². The number of amides is 5. The van der Waals surface area contributed by atoms with Gasteiger partial charge in [-0.1, -0.05) is 47.6 Å². The van der Waals surface area contributed by atoms with Gasteiger partial charge >= 0.3 is 6.03 Å². The molecule has 0 unspecified atom stereocenters. The minimum atomic E-state index is -0.905. The molecule has 0 radical (unpaired) electrons. The van der Waals surface area contributed by atoms with Crippen molar-refractivity contribution in [3.8, 4) is 0 Å². The molecule has 0 aliphatic carbocycles. The maximum Gasteiger partial charge on any atom is 0.335 e. The maximum absolute atomic E-state index is 13.3. The van der Waals surface area contributed by atoms with Gasteiger partial charge in [-0.05, 0) is 85.1 Å². The van der Waals surface area contributed by atoms with Gasteiger partial charge in [0, 0.05) is 11.8 Å². The third-order valence-electron chi connectivity index (χ3n) is 7.28. The lowest BCUT2D eigenvalue weighted by atomic mass is 10.0. The van der Waals surface area contributed by atoms with Crippen molar-refractivity contribution in [2.75, 3.05) is 10.2 Å². The molecular formula is C33H22ClN5O6S2. The van der Waals surface area contributed by atoms with Crippen molar-refractivity contribution in [1.29, 1.82) is 0 Å². The number of benzene rings is 4. The van der Waals surface area contributed by atoms with Gasteiger partial charge in [0.05, 0.1) is 36.3 Å². The highest BCUT2D eigenvalue weighted by Gasteiger charge is 2.37. The van der Waals surface area contributed by atoms with Crippen LogP contribution in [0.4, 0.5) is 21.9 Å². The number of carbonyl (C=O) groups is 4. The second-order valence-corrected chi connectivity index (χ2v) is 13.1. The Labute approximate surface area is 280 Å². The lowest BCUT2D eigenvalue weighted by Crippen LogP contribution is -2.54. The van der Waals surface area contributed by atoms with Gasteiger partial charge in [-0.2, -0.15) is 0 Å². The van der Waals surface area contributed by atoms with E-state index < -0.39 is 22.8 Å². The van der Waals surface area contributed by atoms with Crippen molar-refractivity contribution >= 4 is 91.8 Å². The number of nitrogens with one attached hydrogen (secondary N) is 2. The fraction of sp³-hybridized carbons (Fsp3) is 0.0606. The van der Waals surface area contributed by atoms with E-state index in [0.29, 0.717) is 26.1 Å². The molecule has 1 aliphatic heterocycles. The first-order chi connectivity index (χ1) is 22.5. The highest BCUT2D eigenvalue weighted by molar-refractivity contribution is 8.01. The summed E-state index contributed by atoms with van der Waals surface area (Å²) in [6, 6.07) is 20.3. The van der Waals surface area contributed by atoms with Crippen molar-refractivity contribution in [1.82, 2.24) is 10.3 Å². The molecule has 5 aromatic rings. The Hall–Kier alpha value is -5.37. The largest absolute Gasteiger partial charge is 0.335 e. The number of nitrogens with zero attached hydrogens (tertiary/aromatic N) is 3. The van der Waals surface area contributed by atoms with Gasteiger partial charge in [0.2, 0.25) is 0 Å². The fourth-order valence-electron chi connectivity index (χ4n) is 4.74. The average Bonchev–Trinajstić information content (AvgIpc) is 3.43. The normalized spacial score (nSPS) is 14.1. The van der Waals surface area contributed by atoms with Gasteiger partial charge in [-0.25, -0.2) is 14.7 Å². The van der Waals surface area contributed by atoms with Crippen LogP contribution in [0.2, 0.25) is 5.02 Å². The molecule has 0 saturated carbocycles. The minimum Gasteiger partial charge on any atom is -0.322 e. The first-order valence-electron chi connectivity index (χ1n) is 13.9. The van der Waals surface area contributed by atoms with Crippen LogP contribution in [0.3, 0.4) is 0 Å². The van der Waals surface area contributed by atoms with Crippen LogP contribution in [0.1, 0.15) is 27.0 Å². The van der Waals surface area contributed by atoms with Gasteiger partial charge < -0.3 is 5.32 Å². The number of hydrogen-bond acceptors (Lipinski definition) is 9. The first kappa shape index (κ1) is 31.6. The SMILES string of the molecule is Cc1ccc(N2C(=O)NC(=O)/C(=C\c3ccc(Sc4nc5ccc(NC(=O)c6ccccc6Cl)cc5s4)c([N+](=O)[O-])c3)C2=O)cc1C. The molecule has 14 heteroatoms. The number of halogens is 1. The summed E-state index contributed by atoms with van der Waals surface area (Å²) in [6.45, 7) is 3.72. The number of anilines is 2. The van der Waals surface area contributed by atoms with Gasteiger partial charge in [0.1, 0.15) is 5.57 Å². The quantitative estimate of drug-likeness (QED) is 0.0772. The summed E-state index contributed by atoms with van der Waals surface area (Å²) >= 11 is 8.52. The smallest absolute Gasteiger partial charge is 0.322 e. The van der Waals surface area contributed by atoms with E-state index in [9.17, 15) is 29.3 Å². The monoisotopic (exact) mass is 683 g/mol. The van der Waals surface area contributed by atoms with E-state index in [1.54, 1.807) is 60.7 Å². The molecule has 2 N–H and O–H groups in total. The van der Waals surface area contributed by atoms with Gasteiger partial charge in [0.25, 0.3) is 23.4 Å². The molecule has 0 bridgehead atoms. The van der Waals surface area contributed by atoms with Gasteiger partial charge in [-0.15, -0.1) is 11.3 Å². The lowest BCUT2D eigenvalue weighted by molar-refractivity contribution is -0.387. The molecule has 0 atom stereocenters. The molecule has 6 rings (SSSR count). The molecule has 2 heterocycles. The summed E-state index contributed by atoms with van der Waals surface area (Å²) in [5, 5.41) is 17.4. The number of aryl methyl sites for hydroxylation is 2. The molecule has 1 aliphatic rings. The number of thiazole rings is 1. The number of imide groups is 2. The molecule has 11 nitrogen and oxygen atoms in total. The number of fused-ring (bicyclic) bond motifs is 1. The maximum atomic E-state index is 13.3. The Morgan fingerprint density at radius 1 is 1.02 bits per heavy atom. The summed E-state index contributed by atoms with van der Waals surface area (Å²) in [5.74, 6) is -2.12. The van der Waals surface area contributed by atoms with Crippen LogP contribution >= 0.6 is 34.7 Å². The van der Waals surface area contributed by atoms with E-state index in [2.05, 4.69) is 15.6 Å². The van der Waals surface area contributed by atoms with E-state index in [1.165, 1.54) is 35.6 Å². The summed E-state index contributed by atoms with van der Waals surface area (Å²) in [4.78, 5) is 68.5. The second kappa shape index (κ2) is 12.8. The third-order valence-corrected chi connectivity index (χ3v) is 9.76. The van der Waals surface area contributed by atoms with Crippen molar-refractivity contribution < 1.29 is 24.1 Å². The molecule has 234 valence electrons. The van der Waals surface area contributed by atoms with Crippen molar-refractivity contribution in [3.63, 3.8) is 0 Å². The zero-order valence-electron chi connectivity index (χ0n) is 24.6. The van der Waals surface area contributed by atoms with Gasteiger partial charge in [-0.3, -0.25) is 29.8 Å². The van der Waals surface area contributed by atoms with E-state index in [-0.39, 0.29) is 33.3 Å². The van der Waals surface area contributed by atoms with E-state index >= 15 is 0 Å². The molecule has 1 fully saturated rings. The number of hydrogen-bond donors (Lipinski definition) is 2. The molecule has 1 aromatic heterocycles. The predicted octanol–water partition coefficient (Wildman–Crippen LogP) is 7.54. The van der Waals surface area contributed by atoms with Crippen LogP contribution in [0, 0.1) is 24.0 Å². The molecular weight excluding hydrogens is 662 g/mol. The van der Waals surface area contributed by atoms with E-state index in [0.717, 1.165) is 32.5 Å². The van der Waals surface area contributed by atoms with Crippen LogP contribution in [-0.4, -0.2) is 33.7 Å². The minimum absolute atomic E-state index is 0.220. The predicted molar refractivity (Wildman–Crippen MR) is 181 cm³/mol. The Balaban J connectivity index is 1.25. The summed E-state index contributed by atoms with van der Waals surface area (Å²) in [6.07, 6.45) is 1.22. The number of barbiturate groups is 1. The van der Waals surface area contributed by atoms with Crippen molar-refractivity contribution in [2.45, 2.75) is 23.1 Å². The number of urea groups is 1. The van der Waals surface area contributed by atoms with E-state index in [1.807, 2.05) is 13.8 Å². The Bertz CT molecular complexity index is 2200. The molecule has 5 amide bonds. The standard InChI is InChI=1S/C33H22ClN5O6S2/c1-17-7-10-21(13-18(17)2)38-31(42)23(30(41)37-32(38)43)14-19-8-12-27(26(15-19)39(44)45)46-33-36-25-11-9-20(16-28(25)47-33)35-29(40)22-5-3-4-6-24(22)34/h3-16H,1-2H3,(H,35,40)(H,37,41,43)/b23-14+. The number of nitro benzene ring substituents is 1. The topological polar surface area (TPSA) is 152 Å². The highest BCUT2D eigenvalue weighted by atomic mass is 35.5. The van der Waals surface area contributed by atoms with Crippen LogP contribution in [-0.2, 0) is 9.59 Å². The zero-order chi connectivity index (χ0) is 33.4. The molecule has 4 aromatic carbocycles. The summed E-state index contributed by atoms with van der Waals surface area (Å²) in [7, 11) is 0. The molecule has 47 heavy (non-hydrogen) atoms. The molecule has 0 spiro atoms. The Morgan fingerprint density at radius 3 is 2.55 bits per heavy atom. The number of aromatic nitrogens is 1. The third kappa shape index (κ3) is 6.49. The van der Waals surface area contributed by atoms with Crippen LogP contribution in [0.15, 0.2) is 93.7 Å². The van der Waals surface area contributed by atoms with Crippen LogP contribution in [0.25, 0.3) is 16.3 Å². The summed E-state index contributed by atoms with van der Waals surface area (Å²) in [5.41, 5.74) is 3.22. The molecule has 1 saturated heterocycles. The van der Waals surface area contributed by atoms with E-state index in [4.69, 9.17) is 11.6 Å². The first-order valence-corrected chi connectivity index (χ1v) is 15.9. The number of rotatable bonds is 7. The van der Waals surface area contributed by atoms with Crippen LogP contribution in [0.5, 0.6) is 0 Å². The number of carbonyl (C=O) groups excluding carboxylic acids is 4. The lowest BCUT2D eigenvalue weighted by Gasteiger charge is -2.26. The second-order valence-electron chi connectivity index (χ2n) is 10.4. The van der Waals surface area contributed by atoms with Crippen LogP contribution < -0.4 is 15.5 Å². The fourth-order valence-corrected chi connectivity index (χ4v) is 7.11.